The summed E-state index contributed by atoms with van der Waals surface area (Å²) >= 11 is 1.95. The van der Waals surface area contributed by atoms with Gasteiger partial charge in [-0.15, -0.1) is 0 Å². The fraction of sp³-hybridized carbons (Fsp3) is 1.00. The van der Waals surface area contributed by atoms with Gasteiger partial charge in [-0.05, 0) is 38.0 Å². The first-order chi connectivity index (χ1) is 8.79. The molecule has 2 aliphatic rings. The van der Waals surface area contributed by atoms with Gasteiger partial charge in [-0.3, -0.25) is 0 Å². The van der Waals surface area contributed by atoms with Crippen molar-refractivity contribution >= 4 is 11.8 Å². The Morgan fingerprint density at radius 2 is 2.33 bits per heavy atom. The molecule has 18 heavy (non-hydrogen) atoms. The van der Waals surface area contributed by atoms with Crippen LogP contribution in [0, 0.1) is 5.92 Å². The van der Waals surface area contributed by atoms with Crippen LogP contribution in [0.15, 0.2) is 0 Å². The molecule has 3 atom stereocenters. The van der Waals surface area contributed by atoms with E-state index in [4.69, 9.17) is 9.47 Å². The third kappa shape index (κ3) is 3.62. The van der Waals surface area contributed by atoms with E-state index in [0.717, 1.165) is 38.7 Å². The van der Waals surface area contributed by atoms with Gasteiger partial charge in [-0.25, -0.2) is 0 Å². The Bertz CT molecular complexity index is 244. The first kappa shape index (κ1) is 14.6. The number of ether oxygens (including phenoxy) is 2. The highest BCUT2D eigenvalue weighted by Gasteiger charge is 2.42. The second-order valence-corrected chi connectivity index (χ2v) is 6.51. The summed E-state index contributed by atoms with van der Waals surface area (Å²) in [6.07, 6.45) is 6.87. The zero-order valence-electron chi connectivity index (χ0n) is 11.7. The van der Waals surface area contributed by atoms with E-state index in [-0.39, 0.29) is 5.60 Å². The summed E-state index contributed by atoms with van der Waals surface area (Å²) in [6, 6.07) is 0.640. The van der Waals surface area contributed by atoms with E-state index in [1.807, 2.05) is 11.8 Å². The van der Waals surface area contributed by atoms with E-state index < -0.39 is 0 Å². The highest BCUT2D eigenvalue weighted by atomic mass is 32.2. The maximum atomic E-state index is 6.03. The van der Waals surface area contributed by atoms with E-state index in [2.05, 4.69) is 18.5 Å². The van der Waals surface area contributed by atoms with Crippen LogP contribution in [0.4, 0.5) is 0 Å². The minimum Gasteiger partial charge on any atom is -0.378 e. The molecule has 2 fully saturated rings. The highest BCUT2D eigenvalue weighted by molar-refractivity contribution is 7.98. The van der Waals surface area contributed by atoms with Crippen LogP contribution in [0.3, 0.4) is 0 Å². The van der Waals surface area contributed by atoms with E-state index in [1.165, 1.54) is 25.0 Å². The predicted octanol–water partition coefficient (Wildman–Crippen LogP) is 2.30. The third-order valence-corrected chi connectivity index (χ3v) is 4.86. The second kappa shape index (κ2) is 7.13. The van der Waals surface area contributed by atoms with Crippen molar-refractivity contribution < 1.29 is 9.47 Å². The Morgan fingerprint density at radius 1 is 1.44 bits per heavy atom. The van der Waals surface area contributed by atoms with E-state index in [1.54, 1.807) is 0 Å². The van der Waals surface area contributed by atoms with Crippen LogP contribution in [-0.2, 0) is 9.47 Å². The van der Waals surface area contributed by atoms with Crippen molar-refractivity contribution in [3.05, 3.63) is 0 Å². The standard InChI is InChI=1S/C14H27NO2S/c1-3-6-15-13(10-18-2)12-4-7-17-14(9-12)5-8-16-11-14/h12-13,15H,3-11H2,1-2H3. The molecule has 0 amide bonds. The largest absolute Gasteiger partial charge is 0.378 e. The molecule has 0 saturated carbocycles. The lowest BCUT2D eigenvalue weighted by Gasteiger charge is -2.40. The van der Waals surface area contributed by atoms with Crippen LogP contribution in [0.1, 0.15) is 32.6 Å². The molecule has 4 heteroatoms. The highest BCUT2D eigenvalue weighted by Crippen LogP contribution is 2.37. The summed E-state index contributed by atoms with van der Waals surface area (Å²) in [5, 5.41) is 3.73. The minimum absolute atomic E-state index is 0.0491. The number of thioether (sulfide) groups is 1. The summed E-state index contributed by atoms with van der Waals surface area (Å²) in [5.74, 6) is 1.96. The predicted molar refractivity (Wildman–Crippen MR) is 77.3 cm³/mol. The summed E-state index contributed by atoms with van der Waals surface area (Å²) in [6.45, 7) is 5.96. The van der Waals surface area contributed by atoms with Gasteiger partial charge in [0, 0.05) is 31.4 Å². The molecule has 106 valence electrons. The Kier molecular flexibility index (Phi) is 5.80. The molecule has 2 rings (SSSR count). The van der Waals surface area contributed by atoms with Gasteiger partial charge in [0.25, 0.3) is 0 Å². The van der Waals surface area contributed by atoms with Gasteiger partial charge in [0.2, 0.25) is 0 Å². The fourth-order valence-electron chi connectivity index (χ4n) is 3.14. The lowest BCUT2D eigenvalue weighted by atomic mass is 9.81. The maximum Gasteiger partial charge on any atom is 0.0939 e. The smallest absolute Gasteiger partial charge is 0.0939 e. The van der Waals surface area contributed by atoms with Gasteiger partial charge < -0.3 is 14.8 Å². The molecule has 0 aromatic heterocycles. The summed E-state index contributed by atoms with van der Waals surface area (Å²) in [4.78, 5) is 0. The van der Waals surface area contributed by atoms with Crippen molar-refractivity contribution in [3.8, 4) is 0 Å². The second-order valence-electron chi connectivity index (χ2n) is 5.60. The van der Waals surface area contributed by atoms with Crippen LogP contribution in [-0.4, -0.2) is 50.0 Å². The Hall–Kier alpha value is 0.230. The van der Waals surface area contributed by atoms with Crippen LogP contribution in [0.5, 0.6) is 0 Å². The van der Waals surface area contributed by atoms with E-state index in [9.17, 15) is 0 Å². The first-order valence-corrected chi connectivity index (χ1v) is 8.63. The third-order valence-electron chi connectivity index (χ3n) is 4.17. The van der Waals surface area contributed by atoms with Gasteiger partial charge in [-0.1, -0.05) is 6.92 Å². The normalized spacial score (nSPS) is 34.0. The van der Waals surface area contributed by atoms with Gasteiger partial charge in [0.05, 0.1) is 12.2 Å². The lowest BCUT2D eigenvalue weighted by Crippen LogP contribution is -2.48. The van der Waals surface area contributed by atoms with Crippen molar-refractivity contribution in [2.75, 3.05) is 38.4 Å². The molecule has 2 aliphatic heterocycles. The van der Waals surface area contributed by atoms with Crippen molar-refractivity contribution in [3.63, 3.8) is 0 Å². The number of hydrogen-bond donors (Lipinski definition) is 1. The monoisotopic (exact) mass is 273 g/mol. The van der Waals surface area contributed by atoms with Crippen molar-refractivity contribution in [2.45, 2.75) is 44.2 Å². The molecular weight excluding hydrogens is 246 g/mol. The summed E-state index contributed by atoms with van der Waals surface area (Å²) in [7, 11) is 0. The molecule has 3 nitrogen and oxygen atoms in total. The van der Waals surface area contributed by atoms with E-state index in [0.29, 0.717) is 6.04 Å². The lowest BCUT2D eigenvalue weighted by molar-refractivity contribution is -0.102. The molecule has 0 aliphatic carbocycles. The zero-order valence-corrected chi connectivity index (χ0v) is 12.6. The van der Waals surface area contributed by atoms with Gasteiger partial charge in [-0.2, -0.15) is 11.8 Å². The number of nitrogens with one attached hydrogen (secondary N) is 1. The fourth-order valence-corrected chi connectivity index (χ4v) is 3.89. The minimum atomic E-state index is 0.0491. The molecule has 1 spiro atoms. The Balaban J connectivity index is 1.91. The van der Waals surface area contributed by atoms with Crippen LogP contribution in [0.2, 0.25) is 0 Å². The summed E-state index contributed by atoms with van der Waals surface area (Å²) in [5.41, 5.74) is 0.0491. The number of hydrogen-bond acceptors (Lipinski definition) is 4. The average molecular weight is 273 g/mol. The van der Waals surface area contributed by atoms with Crippen LogP contribution in [0.25, 0.3) is 0 Å². The van der Waals surface area contributed by atoms with Gasteiger partial charge in [0.1, 0.15) is 0 Å². The molecule has 2 saturated heterocycles. The molecule has 3 unspecified atom stereocenters. The Labute approximate surface area is 115 Å². The van der Waals surface area contributed by atoms with E-state index >= 15 is 0 Å². The van der Waals surface area contributed by atoms with Gasteiger partial charge >= 0.3 is 0 Å². The van der Waals surface area contributed by atoms with Crippen molar-refractivity contribution in [1.29, 1.82) is 0 Å². The summed E-state index contributed by atoms with van der Waals surface area (Å²) < 4.78 is 11.6. The van der Waals surface area contributed by atoms with Crippen molar-refractivity contribution in [1.82, 2.24) is 5.32 Å². The molecular formula is C14H27NO2S. The average Bonchev–Trinajstić information content (AvgIpc) is 2.82. The molecule has 2 heterocycles. The topological polar surface area (TPSA) is 30.5 Å². The maximum absolute atomic E-state index is 6.03. The molecule has 0 radical (unpaired) electrons. The van der Waals surface area contributed by atoms with Crippen LogP contribution >= 0.6 is 11.8 Å². The molecule has 0 bridgehead atoms. The zero-order chi connectivity index (χ0) is 12.8. The van der Waals surface area contributed by atoms with Gasteiger partial charge in [0.15, 0.2) is 0 Å². The van der Waals surface area contributed by atoms with Crippen molar-refractivity contribution in [2.24, 2.45) is 5.92 Å². The SMILES string of the molecule is CCCNC(CSC)C1CCOC2(CCOC2)C1. The molecule has 1 N–H and O–H groups in total. The Morgan fingerprint density at radius 3 is 3.00 bits per heavy atom. The quantitative estimate of drug-likeness (QED) is 0.804. The van der Waals surface area contributed by atoms with Crippen LogP contribution < -0.4 is 5.32 Å². The molecule has 0 aromatic carbocycles. The molecule has 0 aromatic rings. The number of rotatable bonds is 6. The first-order valence-electron chi connectivity index (χ1n) is 7.24.